The fraction of sp³-hybridized carbons (Fsp3) is 0.263. The van der Waals surface area contributed by atoms with Crippen molar-refractivity contribution in [2.24, 2.45) is 5.41 Å². The Bertz CT molecular complexity index is 924. The highest BCUT2D eigenvalue weighted by Gasteiger charge is 2.20. The molecule has 0 saturated heterocycles. The zero-order valence-corrected chi connectivity index (χ0v) is 14.3. The average Bonchev–Trinajstić information content (AvgIpc) is 2.83. The third kappa shape index (κ3) is 3.84. The fourth-order valence-electron chi connectivity index (χ4n) is 2.65. The Kier molecular flexibility index (Phi) is 4.29. The molecule has 0 unspecified atom stereocenters. The predicted octanol–water partition coefficient (Wildman–Crippen LogP) is 4.65. The van der Waals surface area contributed by atoms with Gasteiger partial charge in [0.2, 0.25) is 5.91 Å². The third-order valence-corrected chi connectivity index (χ3v) is 3.65. The van der Waals surface area contributed by atoms with E-state index in [4.69, 9.17) is 0 Å². The van der Waals surface area contributed by atoms with Crippen molar-refractivity contribution in [2.75, 3.05) is 5.32 Å². The molecule has 0 spiro atoms. The molecule has 0 aliphatic rings. The van der Waals surface area contributed by atoms with Gasteiger partial charge in [0.1, 0.15) is 17.3 Å². The van der Waals surface area contributed by atoms with E-state index in [1.807, 2.05) is 20.8 Å². The van der Waals surface area contributed by atoms with E-state index in [2.05, 4.69) is 10.3 Å². The number of rotatable bonds is 3. The average molecular weight is 343 g/mol. The first-order valence-corrected chi connectivity index (χ1v) is 7.96. The summed E-state index contributed by atoms with van der Waals surface area (Å²) in [6.45, 7) is 5.89. The van der Waals surface area contributed by atoms with Gasteiger partial charge in [0.25, 0.3) is 0 Å². The lowest BCUT2D eigenvalue weighted by Gasteiger charge is -2.17. The Hall–Kier alpha value is -2.76. The number of fused-ring (bicyclic) bond motifs is 1. The lowest BCUT2D eigenvalue weighted by atomic mass is 9.92. The number of hydrogen-bond donors (Lipinski definition) is 1. The number of anilines is 1. The topological polar surface area (TPSA) is 46.4 Å². The highest BCUT2D eigenvalue weighted by Crippen LogP contribution is 2.30. The van der Waals surface area contributed by atoms with Crippen molar-refractivity contribution >= 4 is 17.4 Å². The van der Waals surface area contributed by atoms with E-state index in [1.165, 1.54) is 30.5 Å². The minimum absolute atomic E-state index is 0.175. The number of benzene rings is 1. The molecule has 3 aromatic rings. The molecular formula is C19H19F2N3O. The van der Waals surface area contributed by atoms with Gasteiger partial charge in [-0.2, -0.15) is 0 Å². The van der Waals surface area contributed by atoms with E-state index < -0.39 is 5.82 Å². The molecule has 0 atom stereocenters. The molecular weight excluding hydrogens is 324 g/mol. The number of carbonyl (C=O) groups is 1. The van der Waals surface area contributed by atoms with Crippen LogP contribution in [0, 0.1) is 17.0 Å². The fourth-order valence-corrected chi connectivity index (χ4v) is 2.65. The van der Waals surface area contributed by atoms with Gasteiger partial charge in [-0.3, -0.25) is 9.20 Å². The van der Waals surface area contributed by atoms with E-state index in [1.54, 1.807) is 16.5 Å². The van der Waals surface area contributed by atoms with Crippen molar-refractivity contribution in [3.05, 3.63) is 54.2 Å². The van der Waals surface area contributed by atoms with Crippen LogP contribution in [0.25, 0.3) is 16.9 Å². The van der Waals surface area contributed by atoms with Crippen molar-refractivity contribution in [2.45, 2.75) is 27.2 Å². The number of nitrogens with zero attached hydrogens (tertiary/aromatic N) is 2. The molecule has 0 saturated carbocycles. The molecule has 130 valence electrons. The number of nitrogens with one attached hydrogen (secondary N) is 1. The van der Waals surface area contributed by atoms with Crippen LogP contribution in [0.15, 0.2) is 42.6 Å². The van der Waals surface area contributed by atoms with Gasteiger partial charge in [0, 0.05) is 18.2 Å². The Morgan fingerprint density at radius 2 is 1.72 bits per heavy atom. The van der Waals surface area contributed by atoms with Gasteiger partial charge in [-0.15, -0.1) is 0 Å². The molecule has 1 amide bonds. The Morgan fingerprint density at radius 3 is 2.36 bits per heavy atom. The van der Waals surface area contributed by atoms with Crippen molar-refractivity contribution in [1.29, 1.82) is 0 Å². The first-order chi connectivity index (χ1) is 11.7. The summed E-state index contributed by atoms with van der Waals surface area (Å²) in [5.74, 6) is -0.658. The second-order valence-electron chi connectivity index (χ2n) is 7.18. The molecule has 0 radical (unpaired) electrons. The maximum atomic E-state index is 13.7. The second-order valence-corrected chi connectivity index (χ2v) is 7.18. The Morgan fingerprint density at radius 1 is 1.08 bits per heavy atom. The minimum Gasteiger partial charge on any atom is -0.309 e. The number of carbonyl (C=O) groups excluding carboxylic acids is 1. The van der Waals surface area contributed by atoms with Crippen LogP contribution in [0.4, 0.5) is 14.6 Å². The highest BCUT2D eigenvalue weighted by molar-refractivity contribution is 5.94. The van der Waals surface area contributed by atoms with Gasteiger partial charge in [0.15, 0.2) is 5.82 Å². The monoisotopic (exact) mass is 343 g/mol. The summed E-state index contributed by atoms with van der Waals surface area (Å²) >= 11 is 0. The summed E-state index contributed by atoms with van der Waals surface area (Å²) in [7, 11) is 0. The third-order valence-electron chi connectivity index (χ3n) is 3.65. The van der Waals surface area contributed by atoms with Gasteiger partial charge >= 0.3 is 0 Å². The summed E-state index contributed by atoms with van der Waals surface area (Å²) in [5.41, 5.74) is 1.46. The van der Waals surface area contributed by atoms with E-state index in [9.17, 15) is 13.6 Å². The summed E-state index contributed by atoms with van der Waals surface area (Å²) in [4.78, 5) is 16.7. The summed E-state index contributed by atoms with van der Waals surface area (Å²) in [6, 6.07) is 8.61. The second kappa shape index (κ2) is 6.27. The van der Waals surface area contributed by atoms with Gasteiger partial charge < -0.3 is 5.32 Å². The number of imidazole rings is 1. The molecule has 6 heteroatoms. The van der Waals surface area contributed by atoms with Crippen LogP contribution in [-0.2, 0) is 4.79 Å². The number of pyridine rings is 1. The summed E-state index contributed by atoms with van der Waals surface area (Å²) < 4.78 is 28.5. The maximum absolute atomic E-state index is 13.7. The van der Waals surface area contributed by atoms with Crippen LogP contribution in [0.1, 0.15) is 27.2 Å². The summed E-state index contributed by atoms with van der Waals surface area (Å²) in [5, 5.41) is 2.80. The number of amides is 1. The first-order valence-electron chi connectivity index (χ1n) is 7.96. The van der Waals surface area contributed by atoms with Crippen molar-refractivity contribution in [3.63, 3.8) is 0 Å². The molecule has 1 aromatic carbocycles. The zero-order valence-electron chi connectivity index (χ0n) is 14.3. The van der Waals surface area contributed by atoms with Gasteiger partial charge in [0.05, 0.1) is 5.69 Å². The van der Waals surface area contributed by atoms with E-state index in [-0.39, 0.29) is 17.1 Å². The number of aromatic nitrogens is 2. The van der Waals surface area contributed by atoms with Crippen LogP contribution in [0.5, 0.6) is 0 Å². The van der Waals surface area contributed by atoms with Crippen molar-refractivity contribution < 1.29 is 13.6 Å². The molecule has 1 N–H and O–H groups in total. The molecule has 0 bridgehead atoms. The largest absolute Gasteiger partial charge is 0.309 e. The standard InChI is InChI=1S/C19H19F2N3O/c1-19(2,3)10-16(25)23-18-17(12-4-6-13(20)7-5-12)24-11-14(21)8-9-15(24)22-18/h4-9,11H,10H2,1-3H3,(H,23,25). The van der Waals surface area contributed by atoms with Crippen LogP contribution in [0.3, 0.4) is 0 Å². The Labute approximate surface area is 144 Å². The molecule has 2 aromatic heterocycles. The van der Waals surface area contributed by atoms with Crippen LogP contribution < -0.4 is 5.32 Å². The smallest absolute Gasteiger partial charge is 0.226 e. The van der Waals surface area contributed by atoms with Crippen LogP contribution in [-0.4, -0.2) is 15.3 Å². The molecule has 0 aliphatic carbocycles. The van der Waals surface area contributed by atoms with Crippen LogP contribution >= 0.6 is 0 Å². The molecule has 0 aliphatic heterocycles. The van der Waals surface area contributed by atoms with E-state index in [0.29, 0.717) is 29.1 Å². The zero-order chi connectivity index (χ0) is 18.2. The molecule has 3 rings (SSSR count). The Balaban J connectivity index is 2.09. The van der Waals surface area contributed by atoms with Crippen molar-refractivity contribution in [1.82, 2.24) is 9.38 Å². The van der Waals surface area contributed by atoms with Crippen molar-refractivity contribution in [3.8, 4) is 11.3 Å². The molecule has 25 heavy (non-hydrogen) atoms. The highest BCUT2D eigenvalue weighted by atomic mass is 19.1. The van der Waals surface area contributed by atoms with Gasteiger partial charge in [-0.05, 0) is 41.8 Å². The molecule has 4 nitrogen and oxygen atoms in total. The molecule has 2 heterocycles. The quantitative estimate of drug-likeness (QED) is 0.752. The van der Waals surface area contributed by atoms with Crippen LogP contribution in [0.2, 0.25) is 0 Å². The van der Waals surface area contributed by atoms with E-state index in [0.717, 1.165) is 0 Å². The maximum Gasteiger partial charge on any atom is 0.226 e. The SMILES string of the molecule is CC(C)(C)CC(=O)Nc1nc2ccc(F)cn2c1-c1ccc(F)cc1. The van der Waals surface area contributed by atoms with Gasteiger partial charge in [-0.25, -0.2) is 13.8 Å². The number of hydrogen-bond acceptors (Lipinski definition) is 2. The molecule has 0 fully saturated rings. The number of halogens is 2. The minimum atomic E-state index is -0.430. The van der Waals surface area contributed by atoms with Gasteiger partial charge in [-0.1, -0.05) is 20.8 Å². The first kappa shape index (κ1) is 17.1. The lowest BCUT2D eigenvalue weighted by Crippen LogP contribution is -2.20. The van der Waals surface area contributed by atoms with E-state index >= 15 is 0 Å². The lowest BCUT2D eigenvalue weighted by molar-refractivity contribution is -0.117. The summed E-state index contributed by atoms with van der Waals surface area (Å²) in [6.07, 6.45) is 1.61. The predicted molar refractivity (Wildman–Crippen MR) is 93.2 cm³/mol. The normalized spacial score (nSPS) is 11.7.